The monoisotopic (exact) mass is 230 g/mol. The summed E-state index contributed by atoms with van der Waals surface area (Å²) in [6, 6.07) is 1.34. The molecule has 0 spiro atoms. The molecule has 0 saturated carbocycles. The van der Waals surface area contributed by atoms with Crippen LogP contribution in [0.3, 0.4) is 0 Å². The van der Waals surface area contributed by atoms with Gasteiger partial charge in [0.1, 0.15) is 11.6 Å². The summed E-state index contributed by atoms with van der Waals surface area (Å²) in [7, 11) is 0.942. The predicted octanol–water partition coefficient (Wildman–Crippen LogP) is 1.82. The highest BCUT2D eigenvalue weighted by Crippen LogP contribution is 2.25. The van der Waals surface area contributed by atoms with Gasteiger partial charge in [-0.2, -0.15) is 9.65 Å². The number of carbonyl (C=O) groups is 1. The Labute approximate surface area is 88.3 Å². The van der Waals surface area contributed by atoms with Gasteiger partial charge in [0.05, 0.1) is 18.2 Å². The van der Waals surface area contributed by atoms with E-state index < -0.39 is 35.0 Å². The number of esters is 1. The lowest BCUT2D eigenvalue weighted by atomic mass is 10.1. The normalized spacial score (nSPS) is 10.0. The zero-order valence-corrected chi connectivity index (χ0v) is 8.00. The predicted molar refractivity (Wildman–Crippen MR) is 45.2 cm³/mol. The van der Waals surface area contributed by atoms with Crippen LogP contribution >= 0.6 is 0 Å². The van der Waals surface area contributed by atoms with Gasteiger partial charge in [-0.15, -0.1) is 0 Å². The van der Waals surface area contributed by atoms with Crippen molar-refractivity contribution in [2.24, 2.45) is 0 Å². The lowest BCUT2D eigenvalue weighted by Crippen LogP contribution is -2.11. The van der Waals surface area contributed by atoms with Crippen LogP contribution in [0.25, 0.3) is 0 Å². The number of aromatic nitrogens is 1. The van der Waals surface area contributed by atoms with E-state index in [4.69, 9.17) is 5.26 Å². The third-order valence-electron chi connectivity index (χ3n) is 1.80. The maximum absolute atomic E-state index is 13.1. The Morgan fingerprint density at radius 1 is 1.62 bits per heavy atom. The average Bonchev–Trinajstić information content (AvgIpc) is 2.26. The van der Waals surface area contributed by atoms with Gasteiger partial charge < -0.3 is 4.74 Å². The molecule has 0 bridgehead atoms. The molecule has 0 aromatic carbocycles. The fourth-order valence-electron chi connectivity index (χ4n) is 1.08. The van der Waals surface area contributed by atoms with Crippen LogP contribution in [0.2, 0.25) is 0 Å². The van der Waals surface area contributed by atoms with Crippen molar-refractivity contribution in [1.82, 2.24) is 4.98 Å². The van der Waals surface area contributed by atoms with Crippen LogP contribution in [-0.2, 0) is 4.74 Å². The first-order chi connectivity index (χ1) is 7.52. The first-order valence-electron chi connectivity index (χ1n) is 3.97. The van der Waals surface area contributed by atoms with Crippen molar-refractivity contribution in [3.8, 4) is 6.07 Å². The van der Waals surface area contributed by atoms with E-state index in [2.05, 4.69) is 9.72 Å². The summed E-state index contributed by atoms with van der Waals surface area (Å²) in [6.07, 6.45) is -2.50. The molecule has 1 aromatic heterocycles. The van der Waals surface area contributed by atoms with Crippen molar-refractivity contribution in [1.29, 1.82) is 5.26 Å². The summed E-state index contributed by atoms with van der Waals surface area (Å²) in [5.41, 5.74) is -2.43. The van der Waals surface area contributed by atoms with E-state index in [1.165, 1.54) is 6.07 Å². The minimum Gasteiger partial charge on any atom is -0.465 e. The Hall–Kier alpha value is -2.10. The van der Waals surface area contributed by atoms with Gasteiger partial charge in [-0.3, -0.25) is 0 Å². The van der Waals surface area contributed by atoms with Gasteiger partial charge in [-0.1, -0.05) is 0 Å². The van der Waals surface area contributed by atoms with Gasteiger partial charge in [0, 0.05) is 6.20 Å². The van der Waals surface area contributed by atoms with Crippen LogP contribution < -0.4 is 0 Å². The highest BCUT2D eigenvalue weighted by Gasteiger charge is 2.25. The maximum Gasteiger partial charge on any atom is 0.343 e. The molecule has 0 aliphatic heterocycles. The number of carbonyl (C=O) groups excluding carboxylic acids is 1. The van der Waals surface area contributed by atoms with Crippen molar-refractivity contribution in [3.63, 3.8) is 0 Å². The number of pyridine rings is 1. The van der Waals surface area contributed by atoms with Gasteiger partial charge >= 0.3 is 5.97 Å². The molecule has 7 heteroatoms. The van der Waals surface area contributed by atoms with Gasteiger partial charge in [0.15, 0.2) is 0 Å². The molecule has 1 rings (SSSR count). The first-order valence-corrected chi connectivity index (χ1v) is 3.97. The van der Waals surface area contributed by atoms with Crippen molar-refractivity contribution in [3.05, 3.63) is 28.8 Å². The van der Waals surface area contributed by atoms with Gasteiger partial charge in [-0.05, 0) is 0 Å². The van der Waals surface area contributed by atoms with Crippen molar-refractivity contribution in [2.75, 3.05) is 7.11 Å². The second-order valence-corrected chi connectivity index (χ2v) is 2.66. The molecule has 0 unspecified atom stereocenters. The molecule has 0 N–H and O–H groups in total. The van der Waals surface area contributed by atoms with Crippen molar-refractivity contribution in [2.45, 2.75) is 6.43 Å². The van der Waals surface area contributed by atoms with Crippen LogP contribution in [0.4, 0.5) is 13.2 Å². The number of halogens is 3. The van der Waals surface area contributed by atoms with E-state index >= 15 is 0 Å². The largest absolute Gasteiger partial charge is 0.465 e. The standard InChI is InChI=1S/C9H5F3N2O2/c1-16-9(15)6-4(2-13)5(7(10)11)3-14-8(6)12/h3,7H,1H3. The van der Waals surface area contributed by atoms with Crippen LogP contribution in [0.15, 0.2) is 6.20 Å². The zero-order chi connectivity index (χ0) is 12.3. The van der Waals surface area contributed by atoms with Gasteiger partial charge in [0.2, 0.25) is 5.95 Å². The van der Waals surface area contributed by atoms with Crippen molar-refractivity contribution >= 4 is 5.97 Å². The molecule has 0 aliphatic rings. The molecule has 0 fully saturated rings. The molecule has 1 aromatic rings. The van der Waals surface area contributed by atoms with Crippen LogP contribution in [0, 0.1) is 17.3 Å². The molecule has 0 saturated heterocycles. The highest BCUT2D eigenvalue weighted by molar-refractivity contribution is 5.92. The van der Waals surface area contributed by atoms with Crippen molar-refractivity contribution < 1.29 is 22.7 Å². The second-order valence-electron chi connectivity index (χ2n) is 2.66. The summed E-state index contributed by atoms with van der Waals surface area (Å²) >= 11 is 0. The van der Waals surface area contributed by atoms with Crippen LogP contribution in [0.1, 0.15) is 27.9 Å². The Bertz CT molecular complexity index is 469. The molecule has 4 nitrogen and oxygen atoms in total. The lowest BCUT2D eigenvalue weighted by Gasteiger charge is -2.07. The smallest absolute Gasteiger partial charge is 0.343 e. The number of methoxy groups -OCH3 is 1. The number of hydrogen-bond donors (Lipinski definition) is 0. The van der Waals surface area contributed by atoms with Crippen LogP contribution in [0.5, 0.6) is 0 Å². The summed E-state index contributed by atoms with van der Waals surface area (Å²) in [6.45, 7) is 0. The fourth-order valence-corrected chi connectivity index (χ4v) is 1.08. The minimum absolute atomic E-state index is 0.519. The molecular weight excluding hydrogens is 225 g/mol. The number of nitrogens with zero attached hydrogens (tertiary/aromatic N) is 2. The quantitative estimate of drug-likeness (QED) is 0.574. The Balaban J connectivity index is 3.52. The lowest BCUT2D eigenvalue weighted by molar-refractivity contribution is 0.0593. The zero-order valence-electron chi connectivity index (χ0n) is 8.00. The number of nitriles is 1. The van der Waals surface area contributed by atoms with Crippen LogP contribution in [-0.4, -0.2) is 18.1 Å². The molecular formula is C9H5F3N2O2. The Morgan fingerprint density at radius 2 is 2.25 bits per heavy atom. The molecule has 16 heavy (non-hydrogen) atoms. The van der Waals surface area contributed by atoms with E-state index in [0.717, 1.165) is 7.11 Å². The van der Waals surface area contributed by atoms with E-state index in [1.54, 1.807) is 0 Å². The molecule has 0 atom stereocenters. The summed E-state index contributed by atoms with van der Waals surface area (Å²) in [5, 5.41) is 8.63. The highest BCUT2D eigenvalue weighted by atomic mass is 19.3. The van der Waals surface area contributed by atoms with Gasteiger partial charge in [-0.25, -0.2) is 18.6 Å². The molecule has 84 valence electrons. The minimum atomic E-state index is -3.02. The molecule has 0 aliphatic carbocycles. The van der Waals surface area contributed by atoms with E-state index in [0.29, 0.717) is 6.20 Å². The third-order valence-corrected chi connectivity index (χ3v) is 1.80. The average molecular weight is 230 g/mol. The summed E-state index contributed by atoms with van der Waals surface area (Å²) < 4.78 is 42.1. The number of rotatable bonds is 2. The number of ether oxygens (including phenoxy) is 1. The SMILES string of the molecule is COC(=O)c1c(F)ncc(C(F)F)c1C#N. The third kappa shape index (κ3) is 1.95. The van der Waals surface area contributed by atoms with E-state index in [-0.39, 0.29) is 0 Å². The Kier molecular flexibility index (Phi) is 3.45. The fraction of sp³-hybridized carbons (Fsp3) is 0.222. The maximum atomic E-state index is 13.1. The summed E-state index contributed by atoms with van der Waals surface area (Å²) in [5.74, 6) is -2.53. The number of alkyl halides is 2. The Morgan fingerprint density at radius 3 is 2.69 bits per heavy atom. The molecule has 1 heterocycles. The topological polar surface area (TPSA) is 63.0 Å². The summed E-state index contributed by atoms with van der Waals surface area (Å²) in [4.78, 5) is 14.1. The number of hydrogen-bond acceptors (Lipinski definition) is 4. The molecule has 0 radical (unpaired) electrons. The first kappa shape index (κ1) is 12.0. The van der Waals surface area contributed by atoms with E-state index in [9.17, 15) is 18.0 Å². The molecule has 0 amide bonds. The van der Waals surface area contributed by atoms with Gasteiger partial charge in [0.25, 0.3) is 6.43 Å². The second kappa shape index (κ2) is 4.61. The van der Waals surface area contributed by atoms with E-state index in [1.807, 2.05) is 0 Å².